The zero-order chi connectivity index (χ0) is 14.0. The van der Waals surface area contributed by atoms with E-state index >= 15 is 0 Å². The number of methoxy groups -OCH3 is 1. The first-order valence-electron chi connectivity index (χ1n) is 6.75. The fraction of sp³-hybridized carbons (Fsp3) is 0.923. The first-order valence-corrected chi connectivity index (χ1v) is 6.75. The third-order valence-corrected chi connectivity index (χ3v) is 3.25. The van der Waals surface area contributed by atoms with Crippen LogP contribution < -0.4 is 5.32 Å². The summed E-state index contributed by atoms with van der Waals surface area (Å²) in [6.07, 6.45) is 1.68. The molecule has 0 saturated heterocycles. The van der Waals surface area contributed by atoms with Crippen molar-refractivity contribution >= 4 is 5.97 Å². The smallest absolute Gasteiger partial charge is 0.320 e. The third-order valence-electron chi connectivity index (χ3n) is 3.25. The molecule has 2 unspecified atom stereocenters. The van der Waals surface area contributed by atoms with Gasteiger partial charge in [-0.3, -0.25) is 9.69 Å². The summed E-state index contributed by atoms with van der Waals surface area (Å²) >= 11 is 0. The van der Waals surface area contributed by atoms with Gasteiger partial charge >= 0.3 is 5.97 Å². The SMILES string of the molecule is CCNC(CCN(CCOC)C(C)CC)C(=O)O. The number of nitrogens with zero attached hydrogens (tertiary/aromatic N) is 1. The molecule has 0 fully saturated rings. The van der Waals surface area contributed by atoms with Crippen molar-refractivity contribution < 1.29 is 14.6 Å². The van der Waals surface area contributed by atoms with E-state index in [1.165, 1.54) is 0 Å². The fourth-order valence-electron chi connectivity index (χ4n) is 1.87. The van der Waals surface area contributed by atoms with Gasteiger partial charge in [0, 0.05) is 26.2 Å². The molecule has 108 valence electrons. The minimum atomic E-state index is -0.771. The maximum Gasteiger partial charge on any atom is 0.320 e. The van der Waals surface area contributed by atoms with E-state index in [0.29, 0.717) is 25.6 Å². The van der Waals surface area contributed by atoms with E-state index in [9.17, 15) is 4.79 Å². The van der Waals surface area contributed by atoms with Crippen LogP contribution >= 0.6 is 0 Å². The Morgan fingerprint density at radius 1 is 1.39 bits per heavy atom. The topological polar surface area (TPSA) is 61.8 Å². The number of aliphatic carboxylic acids is 1. The van der Waals surface area contributed by atoms with E-state index < -0.39 is 12.0 Å². The predicted octanol–water partition coefficient (Wildman–Crippen LogP) is 1.19. The largest absolute Gasteiger partial charge is 0.480 e. The molecule has 0 aromatic carbocycles. The molecule has 0 radical (unpaired) electrons. The monoisotopic (exact) mass is 260 g/mol. The first kappa shape index (κ1) is 17.4. The predicted molar refractivity (Wildman–Crippen MR) is 72.9 cm³/mol. The van der Waals surface area contributed by atoms with E-state index in [0.717, 1.165) is 19.5 Å². The first-order chi connectivity index (χ1) is 8.56. The van der Waals surface area contributed by atoms with Crippen molar-refractivity contribution in [1.29, 1.82) is 0 Å². The number of rotatable bonds is 11. The number of carboxylic acids is 1. The molecule has 0 amide bonds. The van der Waals surface area contributed by atoms with Gasteiger partial charge < -0.3 is 15.2 Å². The molecule has 0 aromatic heterocycles. The summed E-state index contributed by atoms with van der Waals surface area (Å²) in [6, 6.07) is 0.000299. The minimum Gasteiger partial charge on any atom is -0.480 e. The summed E-state index contributed by atoms with van der Waals surface area (Å²) in [7, 11) is 1.69. The van der Waals surface area contributed by atoms with Crippen LogP contribution in [0.25, 0.3) is 0 Å². The van der Waals surface area contributed by atoms with Gasteiger partial charge in [-0.1, -0.05) is 13.8 Å². The summed E-state index contributed by atoms with van der Waals surface area (Å²) in [5.41, 5.74) is 0. The molecule has 0 heterocycles. The van der Waals surface area contributed by atoms with Gasteiger partial charge in [-0.15, -0.1) is 0 Å². The molecule has 0 bridgehead atoms. The maximum atomic E-state index is 11.0. The number of ether oxygens (including phenoxy) is 1. The van der Waals surface area contributed by atoms with Crippen molar-refractivity contribution in [3.05, 3.63) is 0 Å². The van der Waals surface area contributed by atoms with Crippen LogP contribution in [0.1, 0.15) is 33.6 Å². The van der Waals surface area contributed by atoms with Crippen LogP contribution in [-0.2, 0) is 9.53 Å². The van der Waals surface area contributed by atoms with Crippen molar-refractivity contribution in [2.24, 2.45) is 0 Å². The maximum absolute atomic E-state index is 11.0. The van der Waals surface area contributed by atoms with Gasteiger partial charge in [-0.25, -0.2) is 0 Å². The normalized spacial score (nSPS) is 14.7. The van der Waals surface area contributed by atoms with E-state index in [1.54, 1.807) is 7.11 Å². The van der Waals surface area contributed by atoms with Gasteiger partial charge in [0.05, 0.1) is 6.61 Å². The molecule has 0 aliphatic rings. The average molecular weight is 260 g/mol. The van der Waals surface area contributed by atoms with E-state index in [1.807, 2.05) is 6.92 Å². The zero-order valence-electron chi connectivity index (χ0n) is 12.1. The standard InChI is InChI=1S/C13H28N2O3/c1-5-11(3)15(9-10-18-4)8-7-12(13(16)17)14-6-2/h11-12,14H,5-10H2,1-4H3,(H,16,17). The molecule has 0 spiro atoms. The van der Waals surface area contributed by atoms with Crippen LogP contribution in [0.4, 0.5) is 0 Å². The van der Waals surface area contributed by atoms with Crippen LogP contribution in [0.3, 0.4) is 0 Å². The lowest BCUT2D eigenvalue weighted by Gasteiger charge is -2.29. The van der Waals surface area contributed by atoms with Crippen LogP contribution in [0, 0.1) is 0 Å². The van der Waals surface area contributed by atoms with Gasteiger partial charge in [-0.2, -0.15) is 0 Å². The number of likely N-dealkylation sites (N-methyl/N-ethyl adjacent to an activating group) is 1. The Hall–Kier alpha value is -0.650. The van der Waals surface area contributed by atoms with Crippen molar-refractivity contribution in [2.45, 2.75) is 45.7 Å². The molecular weight excluding hydrogens is 232 g/mol. The minimum absolute atomic E-state index is 0.455. The van der Waals surface area contributed by atoms with Gasteiger partial charge in [0.1, 0.15) is 6.04 Å². The molecule has 5 nitrogen and oxygen atoms in total. The summed E-state index contributed by atoms with van der Waals surface area (Å²) in [5, 5.41) is 12.1. The van der Waals surface area contributed by atoms with Gasteiger partial charge in [-0.05, 0) is 26.3 Å². The molecule has 0 aliphatic carbocycles. The summed E-state index contributed by atoms with van der Waals surface area (Å²) in [5.74, 6) is -0.771. The molecule has 0 aromatic rings. The van der Waals surface area contributed by atoms with Crippen molar-refractivity contribution in [1.82, 2.24) is 10.2 Å². The molecule has 18 heavy (non-hydrogen) atoms. The zero-order valence-corrected chi connectivity index (χ0v) is 12.1. The van der Waals surface area contributed by atoms with Gasteiger partial charge in [0.25, 0.3) is 0 Å². The molecule has 0 aliphatic heterocycles. The molecular formula is C13H28N2O3. The average Bonchev–Trinajstić information content (AvgIpc) is 2.36. The lowest BCUT2D eigenvalue weighted by molar-refractivity contribution is -0.139. The summed E-state index contributed by atoms with van der Waals surface area (Å²) < 4.78 is 5.10. The Kier molecular flexibility index (Phi) is 9.92. The van der Waals surface area contributed by atoms with E-state index in [4.69, 9.17) is 9.84 Å². The second kappa shape index (κ2) is 10.3. The Morgan fingerprint density at radius 2 is 2.06 bits per heavy atom. The number of carbonyl (C=O) groups is 1. The van der Waals surface area contributed by atoms with E-state index in [-0.39, 0.29) is 0 Å². The number of hydrogen-bond donors (Lipinski definition) is 2. The molecule has 0 saturated carbocycles. The Balaban J connectivity index is 4.24. The van der Waals surface area contributed by atoms with Crippen molar-refractivity contribution in [3.63, 3.8) is 0 Å². The summed E-state index contributed by atoms with van der Waals surface area (Å²) in [4.78, 5) is 13.3. The highest BCUT2D eigenvalue weighted by Gasteiger charge is 2.19. The summed E-state index contributed by atoms with van der Waals surface area (Å²) in [6.45, 7) is 9.23. The number of nitrogens with one attached hydrogen (secondary N) is 1. The highest BCUT2D eigenvalue weighted by Crippen LogP contribution is 2.06. The molecule has 0 rings (SSSR count). The molecule has 5 heteroatoms. The quantitative estimate of drug-likeness (QED) is 0.584. The van der Waals surface area contributed by atoms with Gasteiger partial charge in [0.2, 0.25) is 0 Å². The Bertz CT molecular complexity index is 224. The molecule has 2 atom stereocenters. The van der Waals surface area contributed by atoms with Crippen LogP contribution in [0.15, 0.2) is 0 Å². The number of carboxylic acid groups (broad SMARTS) is 1. The Labute approximate surface area is 110 Å². The van der Waals surface area contributed by atoms with Crippen LogP contribution in [-0.4, -0.2) is 61.4 Å². The molecule has 2 N–H and O–H groups in total. The Morgan fingerprint density at radius 3 is 2.50 bits per heavy atom. The second-order valence-corrected chi connectivity index (χ2v) is 4.52. The van der Waals surface area contributed by atoms with E-state index in [2.05, 4.69) is 24.1 Å². The number of hydrogen-bond acceptors (Lipinski definition) is 4. The fourth-order valence-corrected chi connectivity index (χ4v) is 1.87. The van der Waals surface area contributed by atoms with Crippen LogP contribution in [0.5, 0.6) is 0 Å². The van der Waals surface area contributed by atoms with Crippen LogP contribution in [0.2, 0.25) is 0 Å². The lowest BCUT2D eigenvalue weighted by Crippen LogP contribution is -2.42. The highest BCUT2D eigenvalue weighted by atomic mass is 16.5. The lowest BCUT2D eigenvalue weighted by atomic mass is 10.1. The third kappa shape index (κ3) is 6.93. The van der Waals surface area contributed by atoms with Crippen molar-refractivity contribution in [3.8, 4) is 0 Å². The van der Waals surface area contributed by atoms with Crippen molar-refractivity contribution in [2.75, 3.05) is 33.4 Å². The second-order valence-electron chi connectivity index (χ2n) is 4.52. The highest BCUT2D eigenvalue weighted by molar-refractivity contribution is 5.73. The van der Waals surface area contributed by atoms with Gasteiger partial charge in [0.15, 0.2) is 0 Å².